The second kappa shape index (κ2) is 11.1. The fourth-order valence-electron chi connectivity index (χ4n) is 4.51. The van der Waals surface area contributed by atoms with Crippen LogP contribution in [-0.2, 0) is 4.74 Å². The number of nitrogens with zero attached hydrogens (tertiary/aromatic N) is 7. The average Bonchev–Trinajstić information content (AvgIpc) is 3.37. The number of likely N-dealkylation sites (N-methyl/N-ethyl adjacent to an activating group) is 1. The molecule has 0 saturated carbocycles. The van der Waals surface area contributed by atoms with Gasteiger partial charge in [0.05, 0.1) is 4.88 Å². The number of nitrogens with one attached hydrogen (secondary N) is 1. The quantitative estimate of drug-likeness (QED) is 0.516. The average molecular weight is 537 g/mol. The fourth-order valence-corrected chi connectivity index (χ4v) is 5.34. The maximum absolute atomic E-state index is 12.6. The number of pyridine rings is 2. The summed E-state index contributed by atoms with van der Waals surface area (Å²) in [5.74, 6) is 1.72. The Morgan fingerprint density at radius 2 is 1.66 bits per heavy atom. The molecule has 0 unspecified atom stereocenters. The molecule has 0 radical (unpaired) electrons. The molecule has 202 valence electrons. The normalized spacial score (nSPS) is 17.0. The number of hydrogen-bond donors (Lipinski definition) is 1. The number of carbonyl (C=O) groups excluding carboxylic acids is 1. The molecule has 3 aromatic heterocycles. The number of hydrogen-bond acceptors (Lipinski definition) is 10. The highest BCUT2D eigenvalue weighted by Gasteiger charge is 2.27. The van der Waals surface area contributed by atoms with Crippen LogP contribution in [0.1, 0.15) is 20.8 Å². The van der Waals surface area contributed by atoms with Crippen molar-refractivity contribution in [2.45, 2.75) is 26.4 Å². The Labute approximate surface area is 228 Å². The van der Waals surface area contributed by atoms with Crippen LogP contribution < -0.4 is 15.1 Å². The highest BCUT2D eigenvalue weighted by Crippen LogP contribution is 2.32. The lowest BCUT2D eigenvalue weighted by molar-refractivity contribution is 0.0240. The molecule has 1 amide bonds. The van der Waals surface area contributed by atoms with Gasteiger partial charge in [-0.1, -0.05) is 11.3 Å². The Morgan fingerprint density at radius 1 is 0.974 bits per heavy atom. The minimum absolute atomic E-state index is 0.249. The number of carbonyl (C=O) groups is 1. The third-order valence-electron chi connectivity index (χ3n) is 6.63. The Bertz CT molecular complexity index is 1230. The van der Waals surface area contributed by atoms with Gasteiger partial charge in [0.2, 0.25) is 0 Å². The highest BCUT2D eigenvalue weighted by atomic mass is 32.1. The van der Waals surface area contributed by atoms with Crippen molar-refractivity contribution in [3.63, 3.8) is 0 Å². The lowest BCUT2D eigenvalue weighted by Gasteiger charge is -2.38. The van der Waals surface area contributed by atoms with E-state index in [4.69, 9.17) is 9.72 Å². The van der Waals surface area contributed by atoms with E-state index in [2.05, 4.69) is 49.2 Å². The van der Waals surface area contributed by atoms with E-state index in [0.717, 1.165) is 72.2 Å². The van der Waals surface area contributed by atoms with Crippen LogP contribution in [0.25, 0.3) is 10.4 Å². The van der Waals surface area contributed by atoms with Crippen molar-refractivity contribution in [1.29, 1.82) is 0 Å². The first-order valence-electron chi connectivity index (χ1n) is 13.1. The SMILES string of the molecule is CN1CCN(c2cc(N3CCN(C(=O)OC(C)(C)C)CC3)cc(Nc3ncc(-c4ccncc4)s3)n2)CC1. The molecule has 5 rings (SSSR count). The van der Waals surface area contributed by atoms with Crippen molar-refractivity contribution >= 4 is 39.9 Å². The van der Waals surface area contributed by atoms with Crippen molar-refractivity contribution in [3.05, 3.63) is 42.9 Å². The zero-order valence-electron chi connectivity index (χ0n) is 22.6. The number of anilines is 4. The van der Waals surface area contributed by atoms with Gasteiger partial charge in [-0.3, -0.25) is 4.98 Å². The molecule has 10 nitrogen and oxygen atoms in total. The largest absolute Gasteiger partial charge is 0.444 e. The Hall–Kier alpha value is -3.44. The van der Waals surface area contributed by atoms with E-state index in [9.17, 15) is 4.79 Å². The van der Waals surface area contributed by atoms with Crippen LogP contribution >= 0.6 is 11.3 Å². The van der Waals surface area contributed by atoms with E-state index in [-0.39, 0.29) is 6.09 Å². The van der Waals surface area contributed by atoms with E-state index in [1.54, 1.807) is 28.6 Å². The minimum Gasteiger partial charge on any atom is -0.444 e. The third kappa shape index (κ3) is 6.51. The molecule has 5 heterocycles. The van der Waals surface area contributed by atoms with E-state index in [1.165, 1.54) is 0 Å². The van der Waals surface area contributed by atoms with Crippen molar-refractivity contribution in [1.82, 2.24) is 24.8 Å². The van der Waals surface area contributed by atoms with Crippen molar-refractivity contribution in [3.8, 4) is 10.4 Å². The van der Waals surface area contributed by atoms with E-state index >= 15 is 0 Å². The molecule has 3 aromatic rings. The Balaban J connectivity index is 1.34. The van der Waals surface area contributed by atoms with Gasteiger partial charge in [0.25, 0.3) is 0 Å². The first-order chi connectivity index (χ1) is 18.2. The fraction of sp³-hybridized carbons (Fsp3) is 0.481. The van der Waals surface area contributed by atoms with Crippen LogP contribution in [0.4, 0.5) is 27.2 Å². The summed E-state index contributed by atoms with van der Waals surface area (Å²) in [4.78, 5) is 36.1. The molecule has 0 spiro atoms. The van der Waals surface area contributed by atoms with Gasteiger partial charge < -0.3 is 29.7 Å². The van der Waals surface area contributed by atoms with E-state index < -0.39 is 5.60 Å². The van der Waals surface area contributed by atoms with Gasteiger partial charge in [0.15, 0.2) is 5.13 Å². The van der Waals surface area contributed by atoms with Gasteiger partial charge in [0.1, 0.15) is 17.2 Å². The van der Waals surface area contributed by atoms with Crippen LogP contribution in [0, 0.1) is 0 Å². The number of rotatable bonds is 5. The predicted molar refractivity (Wildman–Crippen MR) is 153 cm³/mol. The summed E-state index contributed by atoms with van der Waals surface area (Å²) in [5.41, 5.74) is 1.68. The zero-order chi connectivity index (χ0) is 26.7. The third-order valence-corrected chi connectivity index (χ3v) is 7.59. The molecule has 0 aromatic carbocycles. The molecule has 38 heavy (non-hydrogen) atoms. The van der Waals surface area contributed by atoms with Crippen LogP contribution in [0.3, 0.4) is 0 Å². The van der Waals surface area contributed by atoms with Crippen molar-refractivity contribution in [2.24, 2.45) is 0 Å². The summed E-state index contributed by atoms with van der Waals surface area (Å²) >= 11 is 1.59. The zero-order valence-corrected chi connectivity index (χ0v) is 23.4. The molecule has 1 N–H and O–H groups in total. The van der Waals surface area contributed by atoms with Crippen molar-refractivity contribution in [2.75, 3.05) is 74.5 Å². The maximum Gasteiger partial charge on any atom is 0.410 e. The van der Waals surface area contributed by atoms with E-state index in [1.807, 2.05) is 39.1 Å². The van der Waals surface area contributed by atoms with E-state index in [0.29, 0.717) is 13.1 Å². The summed E-state index contributed by atoms with van der Waals surface area (Å²) in [6, 6.07) is 8.22. The molecule has 11 heteroatoms. The molecule has 2 aliphatic rings. The highest BCUT2D eigenvalue weighted by molar-refractivity contribution is 7.18. The summed E-state index contributed by atoms with van der Waals surface area (Å²) in [7, 11) is 2.15. The number of ether oxygens (including phenoxy) is 1. The Morgan fingerprint density at radius 3 is 2.34 bits per heavy atom. The van der Waals surface area contributed by atoms with Gasteiger partial charge in [-0.2, -0.15) is 0 Å². The van der Waals surface area contributed by atoms with Gasteiger partial charge in [-0.25, -0.2) is 14.8 Å². The lowest BCUT2D eigenvalue weighted by Crippen LogP contribution is -2.50. The first-order valence-corrected chi connectivity index (χ1v) is 13.9. The van der Waals surface area contributed by atoms with Gasteiger partial charge >= 0.3 is 6.09 Å². The first kappa shape index (κ1) is 26.2. The molecule has 2 aliphatic heterocycles. The number of thiazole rings is 1. The topological polar surface area (TPSA) is 90.0 Å². The summed E-state index contributed by atoms with van der Waals surface area (Å²) < 4.78 is 5.57. The molecular formula is C27H36N8O2S. The molecule has 2 saturated heterocycles. The standard InChI is InChI=1S/C27H36N8O2S/c1-27(2,3)37-26(36)35-15-13-33(14-16-35)21-17-23(30-24(18-21)34-11-9-32(4)10-12-34)31-25-29-19-22(38-25)20-5-7-28-8-6-20/h5-8,17-19H,9-16H2,1-4H3,(H,29,30,31). The minimum atomic E-state index is -0.496. The van der Waals surface area contributed by atoms with Gasteiger partial charge in [-0.15, -0.1) is 0 Å². The van der Waals surface area contributed by atoms with Crippen LogP contribution in [0.15, 0.2) is 42.9 Å². The van der Waals surface area contributed by atoms with Crippen LogP contribution in [0.5, 0.6) is 0 Å². The summed E-state index contributed by atoms with van der Waals surface area (Å²) in [6.45, 7) is 12.3. The second-order valence-corrected chi connectivity index (χ2v) is 11.7. The molecular weight excluding hydrogens is 500 g/mol. The Kier molecular flexibility index (Phi) is 7.66. The molecule has 0 aliphatic carbocycles. The molecule has 0 bridgehead atoms. The predicted octanol–water partition coefficient (Wildman–Crippen LogP) is 4.15. The maximum atomic E-state index is 12.6. The van der Waals surface area contributed by atoms with Gasteiger partial charge in [0, 0.05) is 88.8 Å². The molecule has 0 atom stereocenters. The number of amides is 1. The van der Waals surface area contributed by atoms with Gasteiger partial charge in [-0.05, 0) is 45.5 Å². The summed E-state index contributed by atoms with van der Waals surface area (Å²) in [6.07, 6.45) is 5.21. The smallest absolute Gasteiger partial charge is 0.410 e. The number of piperazine rings is 2. The lowest BCUT2D eigenvalue weighted by atomic mass is 10.2. The number of aromatic nitrogens is 3. The van der Waals surface area contributed by atoms with Crippen LogP contribution in [-0.4, -0.2) is 95.9 Å². The summed E-state index contributed by atoms with van der Waals surface area (Å²) in [5, 5.41) is 4.24. The van der Waals surface area contributed by atoms with Crippen molar-refractivity contribution < 1.29 is 9.53 Å². The van der Waals surface area contributed by atoms with Crippen LogP contribution in [0.2, 0.25) is 0 Å². The molecule has 2 fully saturated rings. The monoisotopic (exact) mass is 536 g/mol. The second-order valence-electron chi connectivity index (χ2n) is 10.7.